The van der Waals surface area contributed by atoms with Gasteiger partial charge in [0, 0.05) is 6.20 Å². The van der Waals surface area contributed by atoms with Crippen LogP contribution in [-0.4, -0.2) is 4.98 Å². The second-order valence-electron chi connectivity index (χ2n) is 2.88. The van der Waals surface area contributed by atoms with E-state index in [2.05, 4.69) is 4.98 Å². The van der Waals surface area contributed by atoms with Gasteiger partial charge in [0.15, 0.2) is 0 Å². The van der Waals surface area contributed by atoms with Crippen LogP contribution in [0, 0.1) is 6.92 Å². The fourth-order valence-electron chi connectivity index (χ4n) is 1.01. The lowest BCUT2D eigenvalue weighted by molar-refractivity contribution is -0.144. The zero-order chi connectivity index (χ0) is 11.9. The molecule has 0 unspecified atom stereocenters. The van der Waals surface area contributed by atoms with Gasteiger partial charge in [-0.1, -0.05) is 0 Å². The number of aromatic nitrogens is 1. The molecule has 15 heavy (non-hydrogen) atoms. The molecule has 1 nitrogen and oxygen atoms in total. The Morgan fingerprint density at radius 3 is 1.87 bits per heavy atom. The molecule has 0 atom stereocenters. The molecule has 0 amide bonds. The van der Waals surface area contributed by atoms with Crippen LogP contribution in [0.3, 0.4) is 0 Å². The van der Waals surface area contributed by atoms with Crippen molar-refractivity contribution in [2.75, 3.05) is 0 Å². The van der Waals surface area contributed by atoms with Gasteiger partial charge in [-0.3, -0.25) is 4.98 Å². The fraction of sp³-hybridized carbons (Fsp3) is 0.375. The highest BCUT2D eigenvalue weighted by Gasteiger charge is 2.37. The predicted molar refractivity (Wildman–Crippen MR) is 39.0 cm³/mol. The van der Waals surface area contributed by atoms with Gasteiger partial charge in [-0.2, -0.15) is 26.3 Å². The van der Waals surface area contributed by atoms with Crippen LogP contribution in [0.1, 0.15) is 16.8 Å². The van der Waals surface area contributed by atoms with Crippen molar-refractivity contribution in [2.24, 2.45) is 0 Å². The summed E-state index contributed by atoms with van der Waals surface area (Å²) < 4.78 is 72.6. The van der Waals surface area contributed by atoms with Gasteiger partial charge in [-0.05, 0) is 18.6 Å². The number of hydrogen-bond donors (Lipinski definition) is 0. The molecule has 0 aliphatic carbocycles. The zero-order valence-corrected chi connectivity index (χ0v) is 7.37. The van der Waals surface area contributed by atoms with Crippen molar-refractivity contribution >= 4 is 0 Å². The molecule has 0 spiro atoms. The van der Waals surface area contributed by atoms with Gasteiger partial charge in [0.1, 0.15) is 5.69 Å². The maximum atomic E-state index is 12.2. The minimum Gasteiger partial charge on any atom is -0.251 e. The molecule has 0 saturated heterocycles. The SMILES string of the molecule is Cc1cc(C(F)(F)F)ncc1C(F)(F)F. The van der Waals surface area contributed by atoms with Crippen molar-refractivity contribution in [2.45, 2.75) is 19.3 Å². The van der Waals surface area contributed by atoms with Gasteiger partial charge in [-0.25, -0.2) is 0 Å². The molecular formula is C8H5F6N. The van der Waals surface area contributed by atoms with Crippen LogP contribution in [-0.2, 0) is 12.4 Å². The Bertz CT molecular complexity index is 364. The first-order valence-corrected chi connectivity index (χ1v) is 3.73. The molecule has 0 aliphatic heterocycles. The lowest BCUT2D eigenvalue weighted by Gasteiger charge is -2.12. The Morgan fingerprint density at radius 1 is 1.00 bits per heavy atom. The summed E-state index contributed by atoms with van der Waals surface area (Å²) in [6.07, 6.45) is -9.21. The summed E-state index contributed by atoms with van der Waals surface area (Å²) in [7, 11) is 0. The lowest BCUT2D eigenvalue weighted by atomic mass is 10.1. The molecule has 1 aromatic rings. The topological polar surface area (TPSA) is 12.9 Å². The van der Waals surface area contributed by atoms with E-state index >= 15 is 0 Å². The first-order chi connectivity index (χ1) is 6.62. The minimum atomic E-state index is -4.73. The van der Waals surface area contributed by atoms with Crippen LogP contribution < -0.4 is 0 Å². The van der Waals surface area contributed by atoms with Crippen molar-refractivity contribution < 1.29 is 26.3 Å². The summed E-state index contributed by atoms with van der Waals surface area (Å²) in [6, 6.07) is 0.378. The highest BCUT2D eigenvalue weighted by molar-refractivity contribution is 5.28. The molecule has 0 radical (unpaired) electrons. The molecule has 0 aromatic carbocycles. The van der Waals surface area contributed by atoms with Crippen molar-refractivity contribution in [1.29, 1.82) is 0 Å². The van der Waals surface area contributed by atoms with E-state index < -0.39 is 29.2 Å². The van der Waals surface area contributed by atoms with Crippen LogP contribution in [0.2, 0.25) is 0 Å². The summed E-state index contributed by atoms with van der Waals surface area (Å²) in [6.45, 7) is 0.958. The Balaban J connectivity index is 3.21. The monoisotopic (exact) mass is 229 g/mol. The van der Waals surface area contributed by atoms with E-state index in [1.54, 1.807) is 0 Å². The van der Waals surface area contributed by atoms with Crippen molar-refractivity contribution in [1.82, 2.24) is 4.98 Å². The Labute approximate surface area is 80.7 Å². The van der Waals surface area contributed by atoms with Gasteiger partial charge in [0.25, 0.3) is 0 Å². The van der Waals surface area contributed by atoms with Crippen LogP contribution >= 0.6 is 0 Å². The number of pyridine rings is 1. The molecule has 1 rings (SSSR count). The standard InChI is InChI=1S/C8H5F6N/c1-4-2-6(8(12,13)14)15-3-5(4)7(9,10)11/h2-3H,1H3. The second kappa shape index (κ2) is 3.39. The molecule has 0 bridgehead atoms. The van der Waals surface area contributed by atoms with Gasteiger partial charge < -0.3 is 0 Å². The Morgan fingerprint density at radius 2 is 1.53 bits per heavy atom. The van der Waals surface area contributed by atoms with Gasteiger partial charge >= 0.3 is 12.4 Å². The normalized spacial score (nSPS) is 13.0. The number of nitrogens with zero attached hydrogens (tertiary/aromatic N) is 1. The van der Waals surface area contributed by atoms with E-state index in [9.17, 15) is 26.3 Å². The van der Waals surface area contributed by atoms with E-state index in [1.807, 2.05) is 0 Å². The molecule has 1 heterocycles. The summed E-state index contributed by atoms with van der Waals surface area (Å²) >= 11 is 0. The predicted octanol–water partition coefficient (Wildman–Crippen LogP) is 3.43. The second-order valence-corrected chi connectivity index (χ2v) is 2.88. The maximum absolute atomic E-state index is 12.2. The summed E-state index contributed by atoms with van der Waals surface area (Å²) in [4.78, 5) is 2.73. The average Bonchev–Trinajstić information content (AvgIpc) is 1.99. The number of alkyl halides is 6. The van der Waals surface area contributed by atoms with Crippen LogP contribution in [0.25, 0.3) is 0 Å². The van der Waals surface area contributed by atoms with Gasteiger partial charge in [-0.15, -0.1) is 0 Å². The average molecular weight is 229 g/mol. The summed E-state index contributed by atoms with van der Waals surface area (Å²) in [5.74, 6) is 0. The third kappa shape index (κ3) is 2.60. The first-order valence-electron chi connectivity index (χ1n) is 3.73. The third-order valence-electron chi connectivity index (χ3n) is 1.71. The molecule has 1 aromatic heterocycles. The van der Waals surface area contributed by atoms with Gasteiger partial charge in [0.2, 0.25) is 0 Å². The molecule has 84 valence electrons. The molecule has 0 fully saturated rings. The van der Waals surface area contributed by atoms with E-state index in [1.165, 1.54) is 0 Å². The minimum absolute atomic E-state index is 0.193. The summed E-state index contributed by atoms with van der Waals surface area (Å²) in [5.41, 5.74) is -2.98. The van der Waals surface area contributed by atoms with E-state index in [4.69, 9.17) is 0 Å². The smallest absolute Gasteiger partial charge is 0.251 e. The first kappa shape index (κ1) is 11.8. The molecular weight excluding hydrogens is 224 g/mol. The summed E-state index contributed by atoms with van der Waals surface area (Å²) in [5, 5.41) is 0. The van der Waals surface area contributed by atoms with Crippen LogP contribution in [0.15, 0.2) is 12.3 Å². The van der Waals surface area contributed by atoms with Gasteiger partial charge in [0.05, 0.1) is 5.56 Å². The van der Waals surface area contributed by atoms with E-state index in [-0.39, 0.29) is 6.20 Å². The Hall–Kier alpha value is -1.27. The van der Waals surface area contributed by atoms with Crippen molar-refractivity contribution in [3.05, 3.63) is 29.1 Å². The molecule has 7 heteroatoms. The number of aryl methyl sites for hydroxylation is 1. The van der Waals surface area contributed by atoms with Crippen molar-refractivity contribution in [3.8, 4) is 0 Å². The highest BCUT2D eigenvalue weighted by Crippen LogP contribution is 2.34. The molecule has 0 saturated carbocycles. The quantitative estimate of drug-likeness (QED) is 0.621. The zero-order valence-electron chi connectivity index (χ0n) is 7.37. The Kier molecular flexibility index (Phi) is 2.67. The van der Waals surface area contributed by atoms with E-state index in [0.29, 0.717) is 6.07 Å². The highest BCUT2D eigenvalue weighted by atomic mass is 19.4. The van der Waals surface area contributed by atoms with E-state index in [0.717, 1.165) is 6.92 Å². The fourth-order valence-corrected chi connectivity index (χ4v) is 1.01. The van der Waals surface area contributed by atoms with Crippen molar-refractivity contribution in [3.63, 3.8) is 0 Å². The number of halogens is 6. The third-order valence-corrected chi connectivity index (χ3v) is 1.71. The van der Waals surface area contributed by atoms with Crippen LogP contribution in [0.5, 0.6) is 0 Å². The maximum Gasteiger partial charge on any atom is 0.433 e. The molecule has 0 aliphatic rings. The molecule has 0 N–H and O–H groups in total. The van der Waals surface area contributed by atoms with Crippen LogP contribution in [0.4, 0.5) is 26.3 Å². The largest absolute Gasteiger partial charge is 0.433 e. The lowest BCUT2D eigenvalue weighted by Crippen LogP contribution is -2.13. The number of rotatable bonds is 0. The number of hydrogen-bond acceptors (Lipinski definition) is 1.